The SMILES string of the molecule is CCc1c(C(=O)Nc2nc(C)c(SCC#N)s2)cnn1Cc1ccccc1. The Labute approximate surface area is 166 Å². The Kier molecular flexibility index (Phi) is 6.27. The van der Waals surface area contributed by atoms with Gasteiger partial charge in [-0.1, -0.05) is 60.4 Å². The average Bonchev–Trinajstić information content (AvgIpc) is 3.23. The molecule has 0 aliphatic rings. The number of thiazole rings is 1. The van der Waals surface area contributed by atoms with Crippen molar-refractivity contribution < 1.29 is 4.79 Å². The fourth-order valence-electron chi connectivity index (χ4n) is 2.70. The molecule has 27 heavy (non-hydrogen) atoms. The van der Waals surface area contributed by atoms with E-state index in [1.807, 2.05) is 48.9 Å². The summed E-state index contributed by atoms with van der Waals surface area (Å²) in [6.07, 6.45) is 2.32. The molecule has 0 saturated carbocycles. The molecule has 0 unspecified atom stereocenters. The van der Waals surface area contributed by atoms with E-state index in [2.05, 4.69) is 21.5 Å². The highest BCUT2D eigenvalue weighted by Crippen LogP contribution is 2.32. The van der Waals surface area contributed by atoms with Crippen molar-refractivity contribution in [2.24, 2.45) is 0 Å². The molecule has 2 heterocycles. The van der Waals surface area contributed by atoms with Gasteiger partial charge < -0.3 is 0 Å². The van der Waals surface area contributed by atoms with Crippen molar-refractivity contribution in [3.8, 4) is 6.07 Å². The number of hydrogen-bond donors (Lipinski definition) is 1. The Morgan fingerprint density at radius 2 is 2.15 bits per heavy atom. The van der Waals surface area contributed by atoms with Gasteiger partial charge in [-0.25, -0.2) is 4.98 Å². The highest BCUT2D eigenvalue weighted by molar-refractivity contribution is 8.01. The summed E-state index contributed by atoms with van der Waals surface area (Å²) in [5, 5.41) is 16.5. The second kappa shape index (κ2) is 8.84. The maximum Gasteiger partial charge on any atom is 0.260 e. The van der Waals surface area contributed by atoms with Crippen LogP contribution in [0.4, 0.5) is 5.13 Å². The molecule has 0 atom stereocenters. The Morgan fingerprint density at radius 3 is 2.85 bits per heavy atom. The number of carbonyl (C=O) groups is 1. The predicted molar refractivity (Wildman–Crippen MR) is 108 cm³/mol. The Morgan fingerprint density at radius 1 is 1.37 bits per heavy atom. The van der Waals surface area contributed by atoms with Crippen molar-refractivity contribution in [1.29, 1.82) is 5.26 Å². The molecule has 1 aromatic carbocycles. The zero-order valence-electron chi connectivity index (χ0n) is 15.1. The third kappa shape index (κ3) is 4.56. The molecule has 3 rings (SSSR count). The molecular weight excluding hydrogens is 378 g/mol. The van der Waals surface area contributed by atoms with Crippen molar-refractivity contribution in [2.75, 3.05) is 11.1 Å². The standard InChI is InChI=1S/C19H19N5OS2/c1-3-16-15(11-21-24(16)12-14-7-5-4-6-8-14)17(25)23-19-22-13(2)18(27-19)26-10-9-20/h4-8,11H,3,10,12H2,1-2H3,(H,22,23,25). The van der Waals surface area contributed by atoms with Gasteiger partial charge in [-0.15, -0.1) is 0 Å². The largest absolute Gasteiger partial charge is 0.298 e. The van der Waals surface area contributed by atoms with E-state index in [-0.39, 0.29) is 5.91 Å². The molecule has 3 aromatic rings. The van der Waals surface area contributed by atoms with Crippen LogP contribution >= 0.6 is 23.1 Å². The monoisotopic (exact) mass is 397 g/mol. The first kappa shape index (κ1) is 19.1. The smallest absolute Gasteiger partial charge is 0.260 e. The van der Waals surface area contributed by atoms with Crippen molar-refractivity contribution >= 4 is 34.1 Å². The number of thioether (sulfide) groups is 1. The topological polar surface area (TPSA) is 83.6 Å². The fourth-order valence-corrected chi connectivity index (χ4v) is 4.49. The predicted octanol–water partition coefficient (Wildman–Crippen LogP) is 4.13. The van der Waals surface area contributed by atoms with Crippen LogP contribution in [0.15, 0.2) is 40.7 Å². The van der Waals surface area contributed by atoms with Crippen LogP contribution in [-0.2, 0) is 13.0 Å². The molecular formula is C19H19N5OS2. The van der Waals surface area contributed by atoms with Crippen LogP contribution in [0.3, 0.4) is 0 Å². The molecule has 1 amide bonds. The minimum Gasteiger partial charge on any atom is -0.298 e. The second-order valence-electron chi connectivity index (χ2n) is 5.79. The number of rotatable bonds is 7. The first-order valence-electron chi connectivity index (χ1n) is 8.49. The van der Waals surface area contributed by atoms with E-state index < -0.39 is 0 Å². The zero-order valence-corrected chi connectivity index (χ0v) is 16.7. The molecule has 0 saturated heterocycles. The molecule has 2 aromatic heterocycles. The number of nitrogens with one attached hydrogen (secondary N) is 1. The molecule has 8 heteroatoms. The lowest BCUT2D eigenvalue weighted by Crippen LogP contribution is -2.15. The minimum atomic E-state index is -0.211. The third-order valence-corrected chi connectivity index (χ3v) is 6.25. The molecule has 1 N–H and O–H groups in total. The molecule has 0 aliphatic heterocycles. The number of anilines is 1. The van der Waals surface area contributed by atoms with Crippen LogP contribution in [0, 0.1) is 18.3 Å². The van der Waals surface area contributed by atoms with Crippen LogP contribution in [0.5, 0.6) is 0 Å². The van der Waals surface area contributed by atoms with E-state index in [4.69, 9.17) is 5.26 Å². The molecule has 6 nitrogen and oxygen atoms in total. The van der Waals surface area contributed by atoms with Gasteiger partial charge >= 0.3 is 0 Å². The average molecular weight is 398 g/mol. The van der Waals surface area contributed by atoms with E-state index in [9.17, 15) is 4.79 Å². The van der Waals surface area contributed by atoms with Gasteiger partial charge in [-0.05, 0) is 18.9 Å². The normalized spacial score (nSPS) is 10.6. The second-order valence-corrected chi connectivity index (χ2v) is 8.04. The third-order valence-electron chi connectivity index (χ3n) is 3.95. The Hall–Kier alpha value is -2.63. The number of nitriles is 1. The van der Waals surface area contributed by atoms with Crippen LogP contribution in [-0.4, -0.2) is 26.4 Å². The Bertz CT molecular complexity index is 972. The Balaban J connectivity index is 1.76. The van der Waals surface area contributed by atoms with Gasteiger partial charge in [0.15, 0.2) is 5.13 Å². The van der Waals surface area contributed by atoms with Crippen molar-refractivity contribution in [3.63, 3.8) is 0 Å². The number of hydrogen-bond acceptors (Lipinski definition) is 6. The number of nitrogens with zero attached hydrogens (tertiary/aromatic N) is 4. The van der Waals surface area contributed by atoms with E-state index in [0.29, 0.717) is 29.4 Å². The summed E-state index contributed by atoms with van der Waals surface area (Å²) in [6.45, 7) is 4.52. The van der Waals surface area contributed by atoms with E-state index in [1.54, 1.807) is 6.20 Å². The maximum atomic E-state index is 12.7. The summed E-state index contributed by atoms with van der Waals surface area (Å²) < 4.78 is 2.81. The quantitative estimate of drug-likeness (QED) is 0.606. The zero-order chi connectivity index (χ0) is 19.2. The first-order valence-corrected chi connectivity index (χ1v) is 10.3. The van der Waals surface area contributed by atoms with Crippen LogP contribution in [0.25, 0.3) is 0 Å². The number of benzene rings is 1. The fraction of sp³-hybridized carbons (Fsp3) is 0.263. The minimum absolute atomic E-state index is 0.211. The van der Waals surface area contributed by atoms with E-state index >= 15 is 0 Å². The highest BCUT2D eigenvalue weighted by Gasteiger charge is 2.18. The van der Waals surface area contributed by atoms with Gasteiger partial charge in [0.1, 0.15) is 0 Å². The van der Waals surface area contributed by atoms with Crippen molar-refractivity contribution in [3.05, 3.63) is 59.0 Å². The van der Waals surface area contributed by atoms with Gasteiger partial charge in [-0.2, -0.15) is 10.4 Å². The number of aryl methyl sites for hydroxylation is 1. The van der Waals surface area contributed by atoms with E-state index in [1.165, 1.54) is 23.1 Å². The van der Waals surface area contributed by atoms with Gasteiger partial charge in [0.2, 0.25) is 0 Å². The van der Waals surface area contributed by atoms with Crippen LogP contribution < -0.4 is 5.32 Å². The summed E-state index contributed by atoms with van der Waals surface area (Å²) >= 11 is 2.82. The number of amides is 1. The molecule has 0 spiro atoms. The molecule has 0 aliphatic carbocycles. The molecule has 0 radical (unpaired) electrons. The lowest BCUT2D eigenvalue weighted by atomic mass is 10.2. The molecule has 0 fully saturated rings. The molecule has 138 valence electrons. The van der Waals surface area contributed by atoms with Crippen LogP contribution in [0.1, 0.15) is 34.2 Å². The van der Waals surface area contributed by atoms with E-state index in [0.717, 1.165) is 21.2 Å². The lowest BCUT2D eigenvalue weighted by Gasteiger charge is -2.08. The summed E-state index contributed by atoms with van der Waals surface area (Å²) in [6, 6.07) is 12.1. The number of aromatic nitrogens is 3. The van der Waals surface area contributed by atoms with Gasteiger partial charge in [0.25, 0.3) is 5.91 Å². The maximum absolute atomic E-state index is 12.7. The van der Waals surface area contributed by atoms with Gasteiger partial charge in [0, 0.05) is 0 Å². The van der Waals surface area contributed by atoms with Crippen molar-refractivity contribution in [1.82, 2.24) is 14.8 Å². The summed E-state index contributed by atoms with van der Waals surface area (Å²) in [5.74, 6) is 0.152. The number of carbonyl (C=O) groups excluding carboxylic acids is 1. The molecule has 0 bridgehead atoms. The first-order chi connectivity index (χ1) is 13.1. The summed E-state index contributed by atoms with van der Waals surface area (Å²) in [5.41, 5.74) is 3.42. The van der Waals surface area contributed by atoms with Gasteiger partial charge in [-0.3, -0.25) is 14.8 Å². The highest BCUT2D eigenvalue weighted by atomic mass is 32.2. The summed E-state index contributed by atoms with van der Waals surface area (Å²) in [7, 11) is 0. The lowest BCUT2D eigenvalue weighted by molar-refractivity contribution is 0.102. The van der Waals surface area contributed by atoms with Gasteiger partial charge in [0.05, 0.1) is 45.7 Å². The van der Waals surface area contributed by atoms with Crippen LogP contribution in [0.2, 0.25) is 0 Å². The summed E-state index contributed by atoms with van der Waals surface area (Å²) in [4.78, 5) is 17.1. The van der Waals surface area contributed by atoms with Crippen molar-refractivity contribution in [2.45, 2.75) is 31.0 Å².